The van der Waals surface area contributed by atoms with Crippen molar-refractivity contribution in [3.05, 3.63) is 29.8 Å². The Morgan fingerprint density at radius 1 is 1.38 bits per heavy atom. The van der Waals surface area contributed by atoms with Crippen molar-refractivity contribution in [1.29, 1.82) is 0 Å². The zero-order chi connectivity index (χ0) is 11.7. The van der Waals surface area contributed by atoms with Crippen LogP contribution in [0.5, 0.6) is 5.75 Å². The Balaban J connectivity index is 2.63. The van der Waals surface area contributed by atoms with Crippen molar-refractivity contribution < 1.29 is 18.0 Å². The van der Waals surface area contributed by atoms with Crippen LogP contribution >= 0.6 is 0 Å². The molecule has 1 heterocycles. The van der Waals surface area contributed by atoms with E-state index in [9.17, 15) is 8.78 Å². The fraction of sp³-hybridized carbons (Fsp3) is 0.100. The lowest BCUT2D eigenvalue weighted by Crippen LogP contribution is -1.94. The van der Waals surface area contributed by atoms with Gasteiger partial charge in [-0.25, -0.2) is 8.78 Å². The van der Waals surface area contributed by atoms with Crippen molar-refractivity contribution in [1.82, 2.24) is 5.16 Å². The molecule has 2 N–H and O–H groups in total. The molecule has 0 amide bonds. The third-order valence-corrected chi connectivity index (χ3v) is 2.05. The first kappa shape index (κ1) is 10.4. The van der Waals surface area contributed by atoms with Crippen molar-refractivity contribution in [2.24, 2.45) is 0 Å². The Labute approximate surface area is 89.6 Å². The van der Waals surface area contributed by atoms with Gasteiger partial charge >= 0.3 is 0 Å². The summed E-state index contributed by atoms with van der Waals surface area (Å²) in [6.45, 7) is 0. The average Bonchev–Trinajstić information content (AvgIpc) is 2.65. The van der Waals surface area contributed by atoms with Crippen LogP contribution in [0.15, 0.2) is 22.7 Å². The highest BCUT2D eigenvalue weighted by Crippen LogP contribution is 2.32. The first-order valence-corrected chi connectivity index (χ1v) is 4.38. The number of halogens is 2. The maximum atomic E-state index is 13.7. The first-order chi connectivity index (χ1) is 7.63. The van der Waals surface area contributed by atoms with Crippen LogP contribution in [0.1, 0.15) is 0 Å². The summed E-state index contributed by atoms with van der Waals surface area (Å²) in [6.07, 6.45) is 0. The van der Waals surface area contributed by atoms with Crippen LogP contribution < -0.4 is 10.5 Å². The summed E-state index contributed by atoms with van der Waals surface area (Å²) in [4.78, 5) is 0. The zero-order valence-electron chi connectivity index (χ0n) is 8.33. The lowest BCUT2D eigenvalue weighted by molar-refractivity contribution is 0.381. The molecular weight excluding hydrogens is 218 g/mol. The highest BCUT2D eigenvalue weighted by atomic mass is 19.1. The van der Waals surface area contributed by atoms with E-state index in [0.717, 1.165) is 6.07 Å². The van der Waals surface area contributed by atoms with Gasteiger partial charge in [-0.3, -0.25) is 0 Å². The second kappa shape index (κ2) is 3.80. The number of ether oxygens (including phenoxy) is 1. The Morgan fingerprint density at radius 3 is 2.69 bits per heavy atom. The van der Waals surface area contributed by atoms with Crippen molar-refractivity contribution in [3.8, 4) is 17.1 Å². The Hall–Kier alpha value is -2.11. The number of anilines is 1. The summed E-state index contributed by atoms with van der Waals surface area (Å²) >= 11 is 0. The van der Waals surface area contributed by atoms with Crippen LogP contribution in [0.4, 0.5) is 14.6 Å². The number of aromatic nitrogens is 1. The number of benzene rings is 1. The van der Waals surface area contributed by atoms with Gasteiger partial charge in [0.05, 0.1) is 12.7 Å². The van der Waals surface area contributed by atoms with Crippen LogP contribution in [0.3, 0.4) is 0 Å². The van der Waals surface area contributed by atoms with Gasteiger partial charge in [0, 0.05) is 6.07 Å². The second-order valence-electron chi connectivity index (χ2n) is 3.05. The Bertz CT molecular complexity index is 526. The van der Waals surface area contributed by atoms with Gasteiger partial charge in [-0.2, -0.15) is 0 Å². The molecule has 1 aromatic carbocycles. The number of hydrogen-bond acceptors (Lipinski definition) is 4. The van der Waals surface area contributed by atoms with Crippen LogP contribution in [-0.4, -0.2) is 12.3 Å². The summed E-state index contributed by atoms with van der Waals surface area (Å²) in [5.41, 5.74) is 4.96. The molecule has 4 nitrogen and oxygen atoms in total. The van der Waals surface area contributed by atoms with Gasteiger partial charge in [0.25, 0.3) is 0 Å². The minimum atomic E-state index is -0.848. The molecule has 0 unspecified atom stereocenters. The topological polar surface area (TPSA) is 61.3 Å². The number of nitrogens with two attached hydrogens (primary N) is 1. The van der Waals surface area contributed by atoms with E-state index in [4.69, 9.17) is 15.0 Å². The van der Waals surface area contributed by atoms with Crippen molar-refractivity contribution in [2.75, 3.05) is 12.8 Å². The summed E-state index contributed by atoms with van der Waals surface area (Å²) in [6, 6.07) is 3.50. The minimum Gasteiger partial charge on any atom is -0.494 e. The van der Waals surface area contributed by atoms with E-state index < -0.39 is 11.6 Å². The minimum absolute atomic E-state index is 0.0524. The summed E-state index contributed by atoms with van der Waals surface area (Å²) in [5, 5.41) is 3.36. The van der Waals surface area contributed by atoms with E-state index in [2.05, 4.69) is 5.16 Å². The van der Waals surface area contributed by atoms with Crippen LogP contribution in [0.2, 0.25) is 0 Å². The van der Waals surface area contributed by atoms with Gasteiger partial charge < -0.3 is 15.0 Å². The maximum Gasteiger partial charge on any atom is 0.179 e. The largest absolute Gasteiger partial charge is 0.494 e. The fourth-order valence-corrected chi connectivity index (χ4v) is 1.32. The van der Waals surface area contributed by atoms with Crippen molar-refractivity contribution in [3.63, 3.8) is 0 Å². The quantitative estimate of drug-likeness (QED) is 0.852. The predicted octanol–water partition coefficient (Wildman–Crippen LogP) is 2.21. The molecule has 0 aliphatic heterocycles. The van der Waals surface area contributed by atoms with E-state index in [1.165, 1.54) is 19.2 Å². The Morgan fingerprint density at radius 2 is 2.12 bits per heavy atom. The number of methoxy groups -OCH3 is 1. The normalized spacial score (nSPS) is 10.4. The molecule has 0 aliphatic rings. The molecule has 16 heavy (non-hydrogen) atoms. The first-order valence-electron chi connectivity index (χ1n) is 4.38. The monoisotopic (exact) mass is 226 g/mol. The van der Waals surface area contributed by atoms with Gasteiger partial charge in [0.2, 0.25) is 0 Å². The molecule has 0 saturated carbocycles. The standard InChI is InChI=1S/C10H8F2N2O2/c1-15-6-3-2-5(11)9(10(6)12)7-4-8(13)14-16-7/h2-4H,1H3,(H2,13,14). The molecule has 2 aromatic rings. The Kier molecular flexibility index (Phi) is 2.47. The third kappa shape index (κ3) is 1.58. The number of nitrogen functional groups attached to an aromatic ring is 1. The van der Waals surface area contributed by atoms with Crippen molar-refractivity contribution in [2.45, 2.75) is 0 Å². The molecule has 0 spiro atoms. The zero-order valence-corrected chi connectivity index (χ0v) is 8.33. The van der Waals surface area contributed by atoms with Gasteiger partial charge in [-0.05, 0) is 12.1 Å². The van der Waals surface area contributed by atoms with E-state index in [1.807, 2.05) is 0 Å². The maximum absolute atomic E-state index is 13.7. The third-order valence-electron chi connectivity index (χ3n) is 2.05. The molecule has 0 atom stereocenters. The van der Waals surface area contributed by atoms with Gasteiger partial charge in [-0.15, -0.1) is 0 Å². The molecule has 0 fully saturated rings. The van der Waals surface area contributed by atoms with Gasteiger partial charge in [0.1, 0.15) is 5.82 Å². The highest BCUT2D eigenvalue weighted by Gasteiger charge is 2.19. The molecule has 1 aromatic heterocycles. The smallest absolute Gasteiger partial charge is 0.179 e. The lowest BCUT2D eigenvalue weighted by Gasteiger charge is -2.05. The van der Waals surface area contributed by atoms with Crippen LogP contribution in [0.25, 0.3) is 11.3 Å². The van der Waals surface area contributed by atoms with Gasteiger partial charge in [-0.1, -0.05) is 5.16 Å². The summed E-state index contributed by atoms with van der Waals surface area (Å²) < 4.78 is 36.6. The molecule has 0 bridgehead atoms. The predicted molar refractivity (Wildman–Crippen MR) is 52.8 cm³/mol. The molecule has 0 aliphatic carbocycles. The molecular formula is C10H8F2N2O2. The van der Waals surface area contributed by atoms with E-state index in [0.29, 0.717) is 0 Å². The summed E-state index contributed by atoms with van der Waals surface area (Å²) in [5.74, 6) is -1.72. The number of rotatable bonds is 2. The van der Waals surface area contributed by atoms with Crippen LogP contribution in [0, 0.1) is 11.6 Å². The fourth-order valence-electron chi connectivity index (χ4n) is 1.32. The van der Waals surface area contributed by atoms with Crippen LogP contribution in [-0.2, 0) is 0 Å². The SMILES string of the molecule is COc1ccc(F)c(-c2cc(N)no2)c1F. The lowest BCUT2D eigenvalue weighted by atomic mass is 10.1. The molecule has 0 saturated heterocycles. The van der Waals surface area contributed by atoms with E-state index >= 15 is 0 Å². The number of nitrogens with zero attached hydrogens (tertiary/aromatic N) is 1. The molecule has 0 radical (unpaired) electrons. The van der Waals surface area contributed by atoms with E-state index in [-0.39, 0.29) is 22.9 Å². The van der Waals surface area contributed by atoms with Gasteiger partial charge in [0.15, 0.2) is 23.1 Å². The van der Waals surface area contributed by atoms with E-state index in [1.54, 1.807) is 0 Å². The average molecular weight is 226 g/mol. The number of hydrogen-bond donors (Lipinski definition) is 1. The second-order valence-corrected chi connectivity index (χ2v) is 3.05. The molecule has 2 rings (SSSR count). The highest BCUT2D eigenvalue weighted by molar-refractivity contribution is 5.63. The molecule has 84 valence electrons. The van der Waals surface area contributed by atoms with Crippen molar-refractivity contribution >= 4 is 5.82 Å². The summed E-state index contributed by atoms with van der Waals surface area (Å²) in [7, 11) is 1.29. The molecule has 6 heteroatoms.